The molecule has 1 spiro atoms. The highest BCUT2D eigenvalue weighted by molar-refractivity contribution is 5.90. The maximum absolute atomic E-state index is 12.9. The lowest BCUT2D eigenvalue weighted by Crippen LogP contribution is -2.49. The Morgan fingerprint density at radius 2 is 2.08 bits per heavy atom. The smallest absolute Gasteiger partial charge is 0.243 e. The molecule has 3 saturated heterocycles. The summed E-state index contributed by atoms with van der Waals surface area (Å²) in [6, 6.07) is 12.8. The molecule has 0 radical (unpaired) electrons. The van der Waals surface area contributed by atoms with Crippen LogP contribution in [-0.4, -0.2) is 41.4 Å². The quantitative estimate of drug-likeness (QED) is 0.851. The van der Waals surface area contributed by atoms with Gasteiger partial charge in [-0.05, 0) is 43.5 Å². The average molecular weight is 322 g/mol. The van der Waals surface area contributed by atoms with Crippen molar-refractivity contribution in [2.45, 2.75) is 30.8 Å². The molecule has 1 aromatic heterocycles. The minimum atomic E-state index is -0.240. The molecule has 5 rings (SSSR count). The van der Waals surface area contributed by atoms with Crippen molar-refractivity contribution in [3.05, 3.63) is 48.2 Å². The molecule has 0 N–H and O–H groups in total. The number of rotatable bonds is 2. The van der Waals surface area contributed by atoms with Crippen molar-refractivity contribution in [1.82, 2.24) is 9.80 Å². The minimum absolute atomic E-state index is 0.240. The minimum Gasteiger partial charge on any atom is -0.464 e. The Kier molecular flexibility index (Phi) is 2.95. The molecule has 3 aliphatic heterocycles. The third-order valence-electron chi connectivity index (χ3n) is 6.35. The first-order chi connectivity index (χ1) is 11.7. The van der Waals surface area contributed by atoms with Gasteiger partial charge in [0.25, 0.3) is 0 Å². The number of amides is 1. The van der Waals surface area contributed by atoms with Crippen LogP contribution < -0.4 is 0 Å². The summed E-state index contributed by atoms with van der Waals surface area (Å²) < 4.78 is 5.67. The number of benzene rings is 1. The normalized spacial score (nSPS) is 32.4. The van der Waals surface area contributed by atoms with Gasteiger partial charge in [0.05, 0.1) is 6.26 Å². The van der Waals surface area contributed by atoms with Gasteiger partial charge in [-0.25, -0.2) is 0 Å². The van der Waals surface area contributed by atoms with Crippen LogP contribution in [0.4, 0.5) is 0 Å². The Hall–Kier alpha value is -2.07. The predicted molar refractivity (Wildman–Crippen MR) is 91.3 cm³/mol. The zero-order valence-electron chi connectivity index (χ0n) is 13.9. The van der Waals surface area contributed by atoms with E-state index in [0.29, 0.717) is 17.9 Å². The summed E-state index contributed by atoms with van der Waals surface area (Å²) in [4.78, 5) is 17.4. The Labute approximate surface area is 142 Å². The van der Waals surface area contributed by atoms with Crippen molar-refractivity contribution in [3.8, 4) is 11.3 Å². The fourth-order valence-corrected chi connectivity index (χ4v) is 5.44. The number of hydrogen-bond donors (Lipinski definition) is 0. The standard InChI is InChI=1S/C20H22N2O2/c1-21-13-14-12-17(22-10-5-9-20(14,22)19(21)23)15-6-2-3-7-16(15)18-8-4-11-24-18/h2-4,6-8,11,14,17H,5,9-10,12-13H2,1H3/t14-,17-,20-/m0/s1. The molecule has 1 aromatic carbocycles. The summed E-state index contributed by atoms with van der Waals surface area (Å²) in [6.45, 7) is 1.92. The molecular weight excluding hydrogens is 300 g/mol. The van der Waals surface area contributed by atoms with Gasteiger partial charge in [-0.2, -0.15) is 0 Å². The zero-order chi connectivity index (χ0) is 16.3. The van der Waals surface area contributed by atoms with Crippen molar-refractivity contribution in [2.75, 3.05) is 20.1 Å². The molecular formula is C20H22N2O2. The maximum Gasteiger partial charge on any atom is 0.243 e. The zero-order valence-corrected chi connectivity index (χ0v) is 13.9. The van der Waals surface area contributed by atoms with E-state index in [2.05, 4.69) is 29.2 Å². The average Bonchev–Trinajstić information content (AvgIpc) is 3.34. The largest absolute Gasteiger partial charge is 0.464 e. The van der Waals surface area contributed by atoms with Gasteiger partial charge in [0, 0.05) is 31.1 Å². The van der Waals surface area contributed by atoms with E-state index in [9.17, 15) is 4.79 Å². The third kappa shape index (κ3) is 1.69. The van der Waals surface area contributed by atoms with Crippen LogP contribution in [0.15, 0.2) is 47.1 Å². The van der Waals surface area contributed by atoms with E-state index in [-0.39, 0.29) is 5.54 Å². The fraction of sp³-hybridized carbons (Fsp3) is 0.450. The van der Waals surface area contributed by atoms with Gasteiger partial charge in [-0.1, -0.05) is 24.3 Å². The fourth-order valence-electron chi connectivity index (χ4n) is 5.44. The van der Waals surface area contributed by atoms with Crippen LogP contribution >= 0.6 is 0 Å². The van der Waals surface area contributed by atoms with Gasteiger partial charge in [0.15, 0.2) is 0 Å². The Balaban J connectivity index is 1.60. The monoisotopic (exact) mass is 322 g/mol. The molecule has 24 heavy (non-hydrogen) atoms. The third-order valence-corrected chi connectivity index (χ3v) is 6.35. The molecule has 1 amide bonds. The first-order valence-electron chi connectivity index (χ1n) is 8.87. The lowest BCUT2D eigenvalue weighted by molar-refractivity contribution is -0.135. The van der Waals surface area contributed by atoms with Gasteiger partial charge < -0.3 is 9.32 Å². The molecule has 3 atom stereocenters. The van der Waals surface area contributed by atoms with E-state index >= 15 is 0 Å². The van der Waals surface area contributed by atoms with E-state index in [1.807, 2.05) is 24.1 Å². The molecule has 4 nitrogen and oxygen atoms in total. The van der Waals surface area contributed by atoms with Gasteiger partial charge in [0.2, 0.25) is 5.91 Å². The van der Waals surface area contributed by atoms with Crippen LogP contribution in [0.1, 0.15) is 30.9 Å². The van der Waals surface area contributed by atoms with Crippen molar-refractivity contribution in [1.29, 1.82) is 0 Å². The lowest BCUT2D eigenvalue weighted by Gasteiger charge is -2.33. The molecule has 4 heterocycles. The summed E-state index contributed by atoms with van der Waals surface area (Å²) in [5.74, 6) is 1.70. The van der Waals surface area contributed by atoms with Crippen molar-refractivity contribution >= 4 is 5.91 Å². The summed E-state index contributed by atoms with van der Waals surface area (Å²) in [5, 5.41) is 0. The number of carbonyl (C=O) groups is 1. The van der Waals surface area contributed by atoms with Crippen LogP contribution in [-0.2, 0) is 4.79 Å². The lowest BCUT2D eigenvalue weighted by atomic mass is 9.85. The van der Waals surface area contributed by atoms with Crippen molar-refractivity contribution < 1.29 is 9.21 Å². The van der Waals surface area contributed by atoms with E-state index < -0.39 is 0 Å². The molecule has 0 aliphatic carbocycles. The van der Waals surface area contributed by atoms with Crippen molar-refractivity contribution in [3.63, 3.8) is 0 Å². The van der Waals surface area contributed by atoms with Crippen LogP contribution in [0.25, 0.3) is 11.3 Å². The topological polar surface area (TPSA) is 36.7 Å². The first-order valence-corrected chi connectivity index (χ1v) is 8.87. The van der Waals surface area contributed by atoms with E-state index in [1.54, 1.807) is 6.26 Å². The molecule has 4 heteroatoms. The highest BCUT2D eigenvalue weighted by Gasteiger charge is 2.64. The summed E-state index contributed by atoms with van der Waals surface area (Å²) >= 11 is 0. The Bertz CT molecular complexity index is 785. The van der Waals surface area contributed by atoms with Crippen molar-refractivity contribution in [2.24, 2.45) is 5.92 Å². The van der Waals surface area contributed by atoms with Gasteiger partial charge in [-0.3, -0.25) is 9.69 Å². The summed E-state index contributed by atoms with van der Waals surface area (Å²) in [7, 11) is 1.96. The first kappa shape index (κ1) is 14.3. The van der Waals surface area contributed by atoms with E-state index in [4.69, 9.17) is 4.42 Å². The number of furan rings is 1. The van der Waals surface area contributed by atoms with Crippen LogP contribution in [0.2, 0.25) is 0 Å². The SMILES string of the molecule is CN1C[C@@H]2C[C@@H](c3ccccc3-c3ccco3)N3CCC[C@@]23C1=O. The molecule has 124 valence electrons. The number of likely N-dealkylation sites (N-methyl/N-ethyl adjacent to an activating group) is 1. The maximum atomic E-state index is 12.9. The molecule has 0 saturated carbocycles. The second kappa shape index (κ2) is 4.96. The molecule has 3 aliphatic rings. The summed E-state index contributed by atoms with van der Waals surface area (Å²) in [6.07, 6.45) is 4.93. The van der Waals surface area contributed by atoms with E-state index in [0.717, 1.165) is 43.7 Å². The van der Waals surface area contributed by atoms with Gasteiger partial charge >= 0.3 is 0 Å². The highest BCUT2D eigenvalue weighted by atomic mass is 16.3. The predicted octanol–water partition coefficient (Wildman–Crippen LogP) is 3.31. The van der Waals surface area contributed by atoms with Crippen LogP contribution in [0.3, 0.4) is 0 Å². The number of likely N-dealkylation sites (tertiary alicyclic amines) is 1. The second-order valence-electron chi connectivity index (χ2n) is 7.42. The Morgan fingerprint density at radius 3 is 2.92 bits per heavy atom. The number of hydrogen-bond acceptors (Lipinski definition) is 3. The molecule has 0 bridgehead atoms. The van der Waals surface area contributed by atoms with Crippen LogP contribution in [0, 0.1) is 5.92 Å². The van der Waals surface area contributed by atoms with E-state index in [1.165, 1.54) is 5.56 Å². The summed E-state index contributed by atoms with van der Waals surface area (Å²) in [5.41, 5.74) is 2.23. The highest BCUT2D eigenvalue weighted by Crippen LogP contribution is 2.56. The van der Waals surface area contributed by atoms with Gasteiger partial charge in [-0.15, -0.1) is 0 Å². The number of nitrogens with zero attached hydrogens (tertiary/aromatic N) is 2. The van der Waals surface area contributed by atoms with Crippen LogP contribution in [0.5, 0.6) is 0 Å². The van der Waals surface area contributed by atoms with Gasteiger partial charge in [0.1, 0.15) is 11.3 Å². The Morgan fingerprint density at radius 1 is 1.21 bits per heavy atom. The number of carbonyl (C=O) groups excluding carboxylic acids is 1. The molecule has 2 aromatic rings. The molecule has 0 unspecified atom stereocenters. The molecule has 3 fully saturated rings. The second-order valence-corrected chi connectivity index (χ2v) is 7.42.